The van der Waals surface area contributed by atoms with Crippen molar-refractivity contribution in [3.63, 3.8) is 0 Å². The third-order valence-electron chi connectivity index (χ3n) is 6.20. The Bertz CT molecular complexity index is 978. The Kier molecular flexibility index (Phi) is 8.65. The molecule has 3 atom stereocenters. The first-order valence-corrected chi connectivity index (χ1v) is 11.5. The van der Waals surface area contributed by atoms with Crippen LogP contribution in [0.4, 0.5) is 4.79 Å². The Morgan fingerprint density at radius 2 is 1.59 bits per heavy atom. The van der Waals surface area contributed by atoms with Crippen LogP contribution in [0.5, 0.6) is 0 Å². The zero-order chi connectivity index (χ0) is 24.7. The van der Waals surface area contributed by atoms with Gasteiger partial charge in [-0.3, -0.25) is 4.79 Å². The van der Waals surface area contributed by atoms with Gasteiger partial charge in [-0.2, -0.15) is 0 Å². The van der Waals surface area contributed by atoms with Crippen molar-refractivity contribution in [3.05, 3.63) is 59.7 Å². The predicted octanol–water partition coefficient (Wildman–Crippen LogP) is 3.69. The molecule has 3 N–H and O–H groups in total. The summed E-state index contributed by atoms with van der Waals surface area (Å²) in [4.78, 5) is 37.0. The van der Waals surface area contributed by atoms with Gasteiger partial charge in [-0.15, -0.1) is 0 Å². The number of unbranched alkanes of at least 4 members (excludes halogenated alkanes) is 1. The minimum Gasteiger partial charge on any atom is -0.480 e. The van der Waals surface area contributed by atoms with Crippen LogP contribution in [0.1, 0.15) is 50.2 Å². The van der Waals surface area contributed by atoms with E-state index in [-0.39, 0.29) is 12.5 Å². The Morgan fingerprint density at radius 1 is 1.00 bits per heavy atom. The molecule has 182 valence electrons. The maximum Gasteiger partial charge on any atom is 0.407 e. The van der Waals surface area contributed by atoms with Crippen LogP contribution in [0.15, 0.2) is 48.5 Å². The molecule has 2 amide bonds. The summed E-state index contributed by atoms with van der Waals surface area (Å²) < 4.78 is 10.6. The van der Waals surface area contributed by atoms with Crippen molar-refractivity contribution in [2.45, 2.75) is 57.2 Å². The van der Waals surface area contributed by atoms with E-state index in [0.29, 0.717) is 12.8 Å². The summed E-state index contributed by atoms with van der Waals surface area (Å²) in [5.41, 5.74) is 4.43. The molecule has 0 bridgehead atoms. The second-order valence-electron chi connectivity index (χ2n) is 8.43. The minimum absolute atomic E-state index is 0.0972. The molecule has 2 aromatic rings. The maximum absolute atomic E-state index is 12.8. The molecule has 2 aromatic carbocycles. The highest BCUT2D eigenvalue weighted by Gasteiger charge is 2.32. The number of hydrogen-bond acceptors (Lipinski definition) is 5. The second kappa shape index (κ2) is 11.7. The molecule has 0 radical (unpaired) electrons. The van der Waals surface area contributed by atoms with Gasteiger partial charge in [0.25, 0.3) is 0 Å². The van der Waals surface area contributed by atoms with E-state index in [4.69, 9.17) is 9.47 Å². The van der Waals surface area contributed by atoms with Gasteiger partial charge in [0.2, 0.25) is 5.91 Å². The molecule has 0 aromatic heterocycles. The minimum atomic E-state index is -1.23. The summed E-state index contributed by atoms with van der Waals surface area (Å²) in [6.45, 7) is 3.65. The molecule has 0 spiro atoms. The smallest absolute Gasteiger partial charge is 0.407 e. The highest BCUT2D eigenvalue weighted by atomic mass is 16.5. The zero-order valence-corrected chi connectivity index (χ0v) is 19.7. The van der Waals surface area contributed by atoms with Crippen LogP contribution in [0.3, 0.4) is 0 Å². The molecule has 34 heavy (non-hydrogen) atoms. The summed E-state index contributed by atoms with van der Waals surface area (Å²) in [6, 6.07) is 13.9. The van der Waals surface area contributed by atoms with E-state index in [2.05, 4.69) is 22.8 Å². The van der Waals surface area contributed by atoms with Gasteiger partial charge in [0.1, 0.15) is 12.6 Å². The van der Waals surface area contributed by atoms with Gasteiger partial charge in [-0.25, -0.2) is 9.59 Å². The molecule has 0 heterocycles. The van der Waals surface area contributed by atoms with Crippen LogP contribution in [0.2, 0.25) is 0 Å². The van der Waals surface area contributed by atoms with E-state index in [9.17, 15) is 19.5 Å². The molecule has 0 saturated carbocycles. The standard InChI is InChI=1S/C26H32N2O6/c1-4-5-14-22(24(29)28-23(25(30)31)16(2)33-3)27-26(32)34-15-21-19-12-8-6-10-17(19)18-11-7-9-13-20(18)21/h6-13,16,21-23H,4-5,14-15H2,1-3H3,(H,27,32)(H,28,29)(H,30,31). The van der Waals surface area contributed by atoms with Crippen LogP contribution >= 0.6 is 0 Å². The summed E-state index contributed by atoms with van der Waals surface area (Å²) >= 11 is 0. The lowest BCUT2D eigenvalue weighted by atomic mass is 9.98. The van der Waals surface area contributed by atoms with Gasteiger partial charge in [-0.1, -0.05) is 68.3 Å². The molecule has 3 unspecified atom stereocenters. The number of amides is 2. The number of ether oxygens (including phenoxy) is 2. The summed E-state index contributed by atoms with van der Waals surface area (Å²) in [6.07, 6.45) is 0.402. The van der Waals surface area contributed by atoms with Crippen molar-refractivity contribution in [1.82, 2.24) is 10.6 Å². The summed E-state index contributed by atoms with van der Waals surface area (Å²) in [5, 5.41) is 14.5. The first-order chi connectivity index (χ1) is 16.4. The molecular weight excluding hydrogens is 436 g/mol. The van der Waals surface area contributed by atoms with E-state index < -0.39 is 36.2 Å². The van der Waals surface area contributed by atoms with Gasteiger partial charge < -0.3 is 25.2 Å². The number of carbonyl (C=O) groups is 3. The number of nitrogens with one attached hydrogen (secondary N) is 2. The number of carboxylic acids is 1. The van der Waals surface area contributed by atoms with Gasteiger partial charge >= 0.3 is 12.1 Å². The van der Waals surface area contributed by atoms with Gasteiger partial charge in [-0.05, 0) is 35.6 Å². The topological polar surface area (TPSA) is 114 Å². The third kappa shape index (κ3) is 5.75. The lowest BCUT2D eigenvalue weighted by Crippen LogP contribution is -2.55. The Balaban J connectivity index is 1.66. The summed E-state index contributed by atoms with van der Waals surface area (Å²) in [7, 11) is 1.37. The lowest BCUT2D eigenvalue weighted by Gasteiger charge is -2.24. The normalized spacial score (nSPS) is 14.9. The van der Waals surface area contributed by atoms with Gasteiger partial charge in [0.15, 0.2) is 6.04 Å². The molecule has 0 saturated heterocycles. The molecular formula is C26H32N2O6. The second-order valence-corrected chi connectivity index (χ2v) is 8.43. The number of methoxy groups -OCH3 is 1. The average molecular weight is 469 g/mol. The largest absolute Gasteiger partial charge is 0.480 e. The van der Waals surface area contributed by atoms with Crippen molar-refractivity contribution in [3.8, 4) is 11.1 Å². The fourth-order valence-electron chi connectivity index (χ4n) is 4.23. The number of carboxylic acid groups (broad SMARTS) is 1. The van der Waals surface area contributed by atoms with Crippen LogP contribution in [0.25, 0.3) is 11.1 Å². The predicted molar refractivity (Wildman–Crippen MR) is 128 cm³/mol. The molecule has 0 fully saturated rings. The van der Waals surface area contributed by atoms with E-state index >= 15 is 0 Å². The van der Waals surface area contributed by atoms with Gasteiger partial charge in [0.05, 0.1) is 6.10 Å². The number of rotatable bonds is 11. The van der Waals surface area contributed by atoms with E-state index in [1.807, 2.05) is 43.3 Å². The number of alkyl carbamates (subject to hydrolysis) is 1. The van der Waals surface area contributed by atoms with Crippen molar-refractivity contribution in [2.24, 2.45) is 0 Å². The lowest BCUT2D eigenvalue weighted by molar-refractivity contribution is -0.145. The van der Waals surface area contributed by atoms with Crippen LogP contribution in [0, 0.1) is 0 Å². The highest BCUT2D eigenvalue weighted by Crippen LogP contribution is 2.44. The SMILES string of the molecule is CCCCC(NC(=O)OCC1c2ccccc2-c2ccccc21)C(=O)NC(C(=O)O)C(C)OC. The molecule has 3 rings (SSSR count). The molecule has 8 heteroatoms. The number of hydrogen-bond donors (Lipinski definition) is 3. The van der Waals surface area contributed by atoms with Crippen molar-refractivity contribution in [1.29, 1.82) is 0 Å². The van der Waals surface area contributed by atoms with Gasteiger partial charge in [0, 0.05) is 13.0 Å². The van der Waals surface area contributed by atoms with Crippen LogP contribution in [-0.2, 0) is 19.1 Å². The average Bonchev–Trinajstić information content (AvgIpc) is 3.16. The van der Waals surface area contributed by atoms with Crippen molar-refractivity contribution in [2.75, 3.05) is 13.7 Å². The zero-order valence-electron chi connectivity index (χ0n) is 19.7. The quantitative estimate of drug-likeness (QED) is 0.464. The molecule has 0 aliphatic heterocycles. The Hall–Kier alpha value is -3.39. The third-order valence-corrected chi connectivity index (χ3v) is 6.20. The fraction of sp³-hybridized carbons (Fsp3) is 0.423. The molecule has 1 aliphatic rings. The maximum atomic E-state index is 12.8. The summed E-state index contributed by atoms with van der Waals surface area (Å²) in [5.74, 6) is -1.89. The van der Waals surface area contributed by atoms with Crippen LogP contribution < -0.4 is 10.6 Å². The highest BCUT2D eigenvalue weighted by molar-refractivity contribution is 5.89. The Labute approximate surface area is 199 Å². The monoisotopic (exact) mass is 468 g/mol. The number of carbonyl (C=O) groups excluding carboxylic acids is 2. The van der Waals surface area contributed by atoms with E-state index in [1.165, 1.54) is 7.11 Å². The van der Waals surface area contributed by atoms with Crippen LogP contribution in [-0.4, -0.2) is 55.0 Å². The fourth-order valence-corrected chi connectivity index (χ4v) is 4.23. The number of aliphatic carboxylic acids is 1. The van der Waals surface area contributed by atoms with E-state index in [1.54, 1.807) is 6.92 Å². The molecule has 1 aliphatic carbocycles. The first kappa shape index (κ1) is 25.2. The van der Waals surface area contributed by atoms with Crippen molar-refractivity contribution < 1.29 is 29.0 Å². The molecule has 8 nitrogen and oxygen atoms in total. The first-order valence-electron chi connectivity index (χ1n) is 11.5. The van der Waals surface area contributed by atoms with E-state index in [0.717, 1.165) is 28.7 Å². The Morgan fingerprint density at radius 3 is 2.12 bits per heavy atom. The van der Waals surface area contributed by atoms with Crippen molar-refractivity contribution >= 4 is 18.0 Å². The number of fused-ring (bicyclic) bond motifs is 3. The number of benzene rings is 2.